The highest BCUT2D eigenvalue weighted by Gasteiger charge is 2.30. The molecule has 2 aromatic heterocycles. The van der Waals surface area contributed by atoms with E-state index in [1.807, 2.05) is 17.9 Å². The Morgan fingerprint density at radius 2 is 2.33 bits per heavy atom. The second kappa shape index (κ2) is 5.20. The molecule has 0 saturated carbocycles. The van der Waals surface area contributed by atoms with Crippen LogP contribution < -0.4 is 0 Å². The number of rotatable bonds is 2. The minimum atomic E-state index is -0.269. The van der Waals surface area contributed by atoms with Gasteiger partial charge in [0.25, 0.3) is 5.91 Å². The molecule has 2 heterocycles. The number of nitrogens with zero attached hydrogens (tertiary/aromatic N) is 4. The third-order valence-corrected chi connectivity index (χ3v) is 4.12. The average molecular weight is 286 g/mol. The Labute approximate surface area is 123 Å². The third-order valence-electron chi connectivity index (χ3n) is 4.12. The summed E-state index contributed by atoms with van der Waals surface area (Å²) >= 11 is 0. The molecule has 21 heavy (non-hydrogen) atoms. The molecule has 0 spiro atoms. The molecule has 0 saturated heterocycles. The van der Waals surface area contributed by atoms with Gasteiger partial charge in [-0.1, -0.05) is 0 Å². The number of aryl methyl sites for hydroxylation is 1. The highest BCUT2D eigenvalue weighted by atomic mass is 16.3. The molecule has 110 valence electrons. The number of carbonyl (C=O) groups is 1. The summed E-state index contributed by atoms with van der Waals surface area (Å²) in [5, 5.41) is 14.1. The van der Waals surface area contributed by atoms with Crippen molar-refractivity contribution in [3.05, 3.63) is 41.5 Å². The summed E-state index contributed by atoms with van der Waals surface area (Å²) in [6, 6.07) is 3.06. The van der Waals surface area contributed by atoms with Gasteiger partial charge in [0.1, 0.15) is 5.75 Å². The number of hydrogen-bond acceptors (Lipinski definition) is 4. The van der Waals surface area contributed by atoms with Crippen LogP contribution in [0, 0.1) is 0 Å². The minimum Gasteiger partial charge on any atom is -0.505 e. The average Bonchev–Trinajstić information content (AvgIpc) is 2.88. The SMILES string of the molecule is CN(C(=O)c1ncccc1O)[C@@H]1CCCc2c1cnn2C. The van der Waals surface area contributed by atoms with E-state index in [0.717, 1.165) is 24.8 Å². The van der Waals surface area contributed by atoms with Crippen LogP contribution >= 0.6 is 0 Å². The maximum atomic E-state index is 12.6. The smallest absolute Gasteiger partial charge is 0.276 e. The molecule has 6 heteroatoms. The zero-order valence-corrected chi connectivity index (χ0v) is 12.2. The predicted octanol–water partition coefficient (Wildman–Crippen LogP) is 1.67. The number of aromatic hydroxyl groups is 1. The van der Waals surface area contributed by atoms with Gasteiger partial charge in [-0.15, -0.1) is 0 Å². The molecular formula is C15H18N4O2. The van der Waals surface area contributed by atoms with Crippen LogP contribution in [-0.2, 0) is 13.5 Å². The van der Waals surface area contributed by atoms with E-state index in [2.05, 4.69) is 10.1 Å². The second-order valence-corrected chi connectivity index (χ2v) is 5.37. The molecule has 0 unspecified atom stereocenters. The molecular weight excluding hydrogens is 268 g/mol. The number of fused-ring (bicyclic) bond motifs is 1. The summed E-state index contributed by atoms with van der Waals surface area (Å²) in [6.45, 7) is 0. The largest absolute Gasteiger partial charge is 0.505 e. The number of carbonyl (C=O) groups excluding carboxylic acids is 1. The van der Waals surface area contributed by atoms with Crippen LogP contribution in [0.25, 0.3) is 0 Å². The standard InChI is InChI=1S/C15H18N4O2/c1-18(15(21)14-13(20)7-4-8-16-14)11-5-3-6-12-10(11)9-17-19(12)2/h4,7-9,11,20H,3,5-6H2,1-2H3/t11-/m1/s1. The van der Waals surface area contributed by atoms with E-state index in [0.29, 0.717) is 0 Å². The Morgan fingerprint density at radius 1 is 1.52 bits per heavy atom. The van der Waals surface area contributed by atoms with Gasteiger partial charge < -0.3 is 10.0 Å². The Hall–Kier alpha value is -2.37. The highest BCUT2D eigenvalue weighted by molar-refractivity contribution is 5.94. The summed E-state index contributed by atoms with van der Waals surface area (Å²) < 4.78 is 1.87. The van der Waals surface area contributed by atoms with Crippen molar-refractivity contribution in [1.29, 1.82) is 0 Å². The normalized spacial score (nSPS) is 17.3. The molecule has 1 N–H and O–H groups in total. The summed E-state index contributed by atoms with van der Waals surface area (Å²) in [6.07, 6.45) is 6.25. The van der Waals surface area contributed by atoms with E-state index >= 15 is 0 Å². The molecule has 0 aromatic carbocycles. The summed E-state index contributed by atoms with van der Waals surface area (Å²) in [5.41, 5.74) is 2.36. The Balaban J connectivity index is 1.91. The monoisotopic (exact) mass is 286 g/mol. The topological polar surface area (TPSA) is 71.2 Å². The molecule has 0 bridgehead atoms. The van der Waals surface area contributed by atoms with Crippen molar-refractivity contribution in [1.82, 2.24) is 19.7 Å². The Morgan fingerprint density at radius 3 is 3.10 bits per heavy atom. The van der Waals surface area contributed by atoms with Crippen molar-refractivity contribution in [2.75, 3.05) is 7.05 Å². The molecule has 3 rings (SSSR count). The number of aromatic nitrogens is 3. The maximum Gasteiger partial charge on any atom is 0.276 e. The third kappa shape index (κ3) is 2.26. The lowest BCUT2D eigenvalue weighted by atomic mass is 9.92. The molecule has 0 aliphatic heterocycles. The van der Waals surface area contributed by atoms with Gasteiger partial charge in [-0.25, -0.2) is 4.98 Å². The van der Waals surface area contributed by atoms with Gasteiger partial charge in [0.05, 0.1) is 12.2 Å². The Bertz CT molecular complexity index is 680. The lowest BCUT2D eigenvalue weighted by molar-refractivity contribution is 0.0705. The van der Waals surface area contributed by atoms with E-state index < -0.39 is 0 Å². The van der Waals surface area contributed by atoms with E-state index in [-0.39, 0.29) is 23.4 Å². The van der Waals surface area contributed by atoms with Gasteiger partial charge in [0, 0.05) is 31.5 Å². The first kappa shape index (κ1) is 13.6. The van der Waals surface area contributed by atoms with Gasteiger partial charge in [0.15, 0.2) is 5.69 Å². The first-order valence-corrected chi connectivity index (χ1v) is 7.01. The summed E-state index contributed by atoms with van der Waals surface area (Å²) in [5.74, 6) is -0.355. The number of pyridine rings is 1. The van der Waals surface area contributed by atoms with Crippen LogP contribution in [0.4, 0.5) is 0 Å². The van der Waals surface area contributed by atoms with E-state index in [1.54, 1.807) is 18.0 Å². The zero-order valence-electron chi connectivity index (χ0n) is 12.2. The molecule has 1 aliphatic rings. The first-order valence-electron chi connectivity index (χ1n) is 7.01. The van der Waals surface area contributed by atoms with Crippen molar-refractivity contribution in [2.24, 2.45) is 7.05 Å². The summed E-state index contributed by atoms with van der Waals surface area (Å²) in [7, 11) is 3.68. The van der Waals surface area contributed by atoms with Crippen molar-refractivity contribution in [3.8, 4) is 5.75 Å². The van der Waals surface area contributed by atoms with Crippen LogP contribution in [0.5, 0.6) is 5.75 Å². The maximum absolute atomic E-state index is 12.6. The predicted molar refractivity (Wildman–Crippen MR) is 76.9 cm³/mol. The van der Waals surface area contributed by atoms with Crippen molar-refractivity contribution in [3.63, 3.8) is 0 Å². The van der Waals surface area contributed by atoms with Crippen molar-refractivity contribution >= 4 is 5.91 Å². The first-order chi connectivity index (χ1) is 10.1. The van der Waals surface area contributed by atoms with Crippen LogP contribution in [-0.4, -0.2) is 37.7 Å². The lowest BCUT2D eigenvalue weighted by Gasteiger charge is -2.31. The highest BCUT2D eigenvalue weighted by Crippen LogP contribution is 2.34. The molecule has 1 amide bonds. The molecule has 6 nitrogen and oxygen atoms in total. The number of amides is 1. The van der Waals surface area contributed by atoms with Crippen LogP contribution in [0.15, 0.2) is 24.5 Å². The van der Waals surface area contributed by atoms with E-state index in [9.17, 15) is 9.90 Å². The van der Waals surface area contributed by atoms with Crippen LogP contribution in [0.3, 0.4) is 0 Å². The molecule has 1 atom stereocenters. The van der Waals surface area contributed by atoms with E-state index in [1.165, 1.54) is 18.0 Å². The van der Waals surface area contributed by atoms with Crippen LogP contribution in [0.2, 0.25) is 0 Å². The minimum absolute atomic E-state index is 0.0173. The Kier molecular flexibility index (Phi) is 3.37. The molecule has 1 aliphatic carbocycles. The van der Waals surface area contributed by atoms with Gasteiger partial charge in [-0.05, 0) is 31.4 Å². The van der Waals surface area contributed by atoms with Gasteiger partial charge in [-0.3, -0.25) is 9.48 Å². The lowest BCUT2D eigenvalue weighted by Crippen LogP contribution is -2.33. The summed E-state index contributed by atoms with van der Waals surface area (Å²) in [4.78, 5) is 18.2. The van der Waals surface area contributed by atoms with Crippen LogP contribution in [0.1, 0.15) is 40.6 Å². The van der Waals surface area contributed by atoms with Crippen molar-refractivity contribution in [2.45, 2.75) is 25.3 Å². The van der Waals surface area contributed by atoms with Gasteiger partial charge in [-0.2, -0.15) is 5.10 Å². The van der Waals surface area contributed by atoms with E-state index in [4.69, 9.17) is 0 Å². The fraction of sp³-hybridized carbons (Fsp3) is 0.400. The van der Waals surface area contributed by atoms with Gasteiger partial charge >= 0.3 is 0 Å². The molecule has 2 aromatic rings. The zero-order chi connectivity index (χ0) is 15.0. The quantitative estimate of drug-likeness (QED) is 0.911. The molecule has 0 fully saturated rings. The fourth-order valence-electron chi connectivity index (χ4n) is 2.96. The second-order valence-electron chi connectivity index (χ2n) is 5.37. The fourth-order valence-corrected chi connectivity index (χ4v) is 2.96. The van der Waals surface area contributed by atoms with Crippen molar-refractivity contribution < 1.29 is 9.90 Å². The van der Waals surface area contributed by atoms with Gasteiger partial charge in [0.2, 0.25) is 0 Å². The number of hydrogen-bond donors (Lipinski definition) is 1. The molecule has 0 radical (unpaired) electrons.